The van der Waals surface area contributed by atoms with E-state index in [2.05, 4.69) is 6.58 Å². The molecule has 0 bridgehead atoms. The third-order valence-electron chi connectivity index (χ3n) is 2.76. The Balaban J connectivity index is 3.09. The van der Waals surface area contributed by atoms with Crippen molar-refractivity contribution in [1.82, 2.24) is 4.90 Å². The highest BCUT2D eigenvalue weighted by Gasteiger charge is 2.23. The molecule has 0 atom stereocenters. The minimum absolute atomic E-state index is 0.381. The minimum Gasteiger partial charge on any atom is -0.480 e. The van der Waals surface area contributed by atoms with Crippen LogP contribution in [0.15, 0.2) is 36.4 Å². The molecule has 1 aromatic carbocycles. The zero-order valence-corrected chi connectivity index (χ0v) is 12.9. The lowest BCUT2D eigenvalue weighted by atomic mass is 10.2. The Bertz CT molecular complexity index is 545. The van der Waals surface area contributed by atoms with E-state index in [0.29, 0.717) is 23.8 Å². The van der Waals surface area contributed by atoms with E-state index in [9.17, 15) is 9.59 Å². The first-order valence-electron chi connectivity index (χ1n) is 6.53. The fourth-order valence-corrected chi connectivity index (χ4v) is 2.04. The van der Waals surface area contributed by atoms with E-state index in [1.165, 1.54) is 9.80 Å². The normalized spacial score (nSPS) is 10.0. The van der Waals surface area contributed by atoms with Gasteiger partial charge in [0, 0.05) is 23.8 Å². The third-order valence-corrected chi connectivity index (χ3v) is 2.99. The van der Waals surface area contributed by atoms with Gasteiger partial charge in [0.25, 0.3) is 0 Å². The van der Waals surface area contributed by atoms with E-state index in [0.717, 1.165) is 5.57 Å². The number of carbonyl (C=O) groups is 2. The number of carbonyl (C=O) groups excluding carboxylic acids is 1. The van der Waals surface area contributed by atoms with Crippen molar-refractivity contribution in [3.63, 3.8) is 0 Å². The lowest BCUT2D eigenvalue weighted by Crippen LogP contribution is -2.46. The summed E-state index contributed by atoms with van der Waals surface area (Å²) in [5, 5.41) is 9.48. The predicted octanol–water partition coefficient (Wildman–Crippen LogP) is 3.25. The summed E-state index contributed by atoms with van der Waals surface area (Å²) in [5.41, 5.74) is 1.28. The molecule has 1 rings (SSSR count). The highest BCUT2D eigenvalue weighted by molar-refractivity contribution is 6.30. The van der Waals surface area contributed by atoms with Crippen molar-refractivity contribution in [1.29, 1.82) is 0 Å². The molecule has 21 heavy (non-hydrogen) atoms. The number of urea groups is 1. The van der Waals surface area contributed by atoms with E-state index < -0.39 is 12.5 Å². The number of rotatable bonds is 6. The zero-order chi connectivity index (χ0) is 16.0. The van der Waals surface area contributed by atoms with Crippen LogP contribution >= 0.6 is 11.6 Å². The molecule has 0 aliphatic carbocycles. The standard InChI is InChI=1S/C15H19ClN2O3/c1-4-17(9-11(2)3)15(21)18(10-14(19)20)13-7-5-6-12(16)8-13/h5-8H,2,4,9-10H2,1,3H3,(H,19,20). The molecule has 2 amide bonds. The monoisotopic (exact) mass is 310 g/mol. The summed E-state index contributed by atoms with van der Waals surface area (Å²) >= 11 is 5.91. The van der Waals surface area contributed by atoms with Crippen LogP contribution in [0.5, 0.6) is 0 Å². The number of halogens is 1. The largest absolute Gasteiger partial charge is 0.480 e. The summed E-state index contributed by atoms with van der Waals surface area (Å²) in [7, 11) is 0. The summed E-state index contributed by atoms with van der Waals surface area (Å²) in [6, 6.07) is 6.18. The Morgan fingerprint density at radius 1 is 1.33 bits per heavy atom. The molecule has 0 aromatic heterocycles. The van der Waals surface area contributed by atoms with Crippen LogP contribution < -0.4 is 4.90 Å². The highest BCUT2D eigenvalue weighted by Crippen LogP contribution is 2.21. The van der Waals surface area contributed by atoms with Crippen LogP contribution in [0.1, 0.15) is 13.8 Å². The third kappa shape index (κ3) is 5.11. The van der Waals surface area contributed by atoms with Crippen LogP contribution in [0.4, 0.5) is 10.5 Å². The average molecular weight is 311 g/mol. The van der Waals surface area contributed by atoms with Gasteiger partial charge in [-0.3, -0.25) is 9.69 Å². The second kappa shape index (κ2) is 7.69. The summed E-state index contributed by atoms with van der Waals surface area (Å²) in [5.74, 6) is -1.09. The van der Waals surface area contributed by atoms with Gasteiger partial charge in [-0.2, -0.15) is 0 Å². The van der Waals surface area contributed by atoms with Crippen molar-refractivity contribution in [2.24, 2.45) is 0 Å². The van der Waals surface area contributed by atoms with Crippen molar-refractivity contribution in [3.05, 3.63) is 41.4 Å². The first kappa shape index (κ1) is 17.0. The van der Waals surface area contributed by atoms with Crippen molar-refractivity contribution in [2.45, 2.75) is 13.8 Å². The second-order valence-electron chi connectivity index (χ2n) is 4.71. The predicted molar refractivity (Wildman–Crippen MR) is 83.9 cm³/mol. The summed E-state index contributed by atoms with van der Waals surface area (Å²) in [6.07, 6.45) is 0. The molecule has 0 fully saturated rings. The van der Waals surface area contributed by atoms with E-state index in [1.54, 1.807) is 24.3 Å². The summed E-state index contributed by atoms with van der Waals surface area (Å²) in [4.78, 5) is 26.3. The molecule has 1 N–H and O–H groups in total. The number of nitrogens with zero attached hydrogens (tertiary/aromatic N) is 2. The number of likely N-dealkylation sites (N-methyl/N-ethyl adjacent to an activating group) is 1. The Kier molecular flexibility index (Phi) is 6.24. The zero-order valence-electron chi connectivity index (χ0n) is 12.2. The molecule has 1 aromatic rings. The summed E-state index contributed by atoms with van der Waals surface area (Å²) in [6.45, 7) is 7.85. The number of aliphatic carboxylic acids is 1. The molecule has 0 heterocycles. The highest BCUT2D eigenvalue weighted by atomic mass is 35.5. The fourth-order valence-electron chi connectivity index (χ4n) is 1.86. The van der Waals surface area contributed by atoms with E-state index in [4.69, 9.17) is 16.7 Å². The van der Waals surface area contributed by atoms with Gasteiger partial charge in [0.15, 0.2) is 0 Å². The average Bonchev–Trinajstić information content (AvgIpc) is 2.41. The van der Waals surface area contributed by atoms with Gasteiger partial charge in [-0.25, -0.2) is 4.79 Å². The molecule has 5 nitrogen and oxygen atoms in total. The van der Waals surface area contributed by atoms with E-state index in [1.807, 2.05) is 13.8 Å². The molecular weight excluding hydrogens is 292 g/mol. The van der Waals surface area contributed by atoms with Crippen molar-refractivity contribution < 1.29 is 14.7 Å². The molecule has 114 valence electrons. The van der Waals surface area contributed by atoms with Gasteiger partial charge in [-0.05, 0) is 32.0 Å². The Morgan fingerprint density at radius 2 is 2.00 bits per heavy atom. The molecular formula is C15H19ClN2O3. The van der Waals surface area contributed by atoms with Gasteiger partial charge in [0.2, 0.25) is 0 Å². The topological polar surface area (TPSA) is 60.9 Å². The van der Waals surface area contributed by atoms with Crippen molar-refractivity contribution in [3.8, 4) is 0 Å². The van der Waals surface area contributed by atoms with E-state index in [-0.39, 0.29) is 6.03 Å². The van der Waals surface area contributed by atoms with Crippen LogP contribution in [0.3, 0.4) is 0 Å². The van der Waals surface area contributed by atoms with Crippen LogP contribution in [0.25, 0.3) is 0 Å². The fraction of sp³-hybridized carbons (Fsp3) is 0.333. The Morgan fingerprint density at radius 3 is 2.48 bits per heavy atom. The van der Waals surface area contributed by atoms with Crippen LogP contribution in [-0.4, -0.2) is 41.6 Å². The SMILES string of the molecule is C=C(C)CN(CC)C(=O)N(CC(=O)O)c1cccc(Cl)c1. The van der Waals surface area contributed by atoms with Gasteiger partial charge < -0.3 is 10.0 Å². The van der Waals surface area contributed by atoms with Crippen LogP contribution in [0, 0.1) is 0 Å². The Hall–Kier alpha value is -2.01. The second-order valence-corrected chi connectivity index (χ2v) is 5.15. The van der Waals surface area contributed by atoms with Gasteiger partial charge in [-0.1, -0.05) is 29.8 Å². The first-order valence-corrected chi connectivity index (χ1v) is 6.91. The Labute approximate surface area is 129 Å². The van der Waals surface area contributed by atoms with Crippen molar-refractivity contribution >= 4 is 29.3 Å². The molecule has 0 spiro atoms. The molecule has 0 radical (unpaired) electrons. The molecule has 0 unspecified atom stereocenters. The maximum Gasteiger partial charge on any atom is 0.325 e. The first-order chi connectivity index (χ1) is 9.85. The van der Waals surface area contributed by atoms with Gasteiger partial charge in [0.05, 0.1) is 0 Å². The lowest BCUT2D eigenvalue weighted by molar-refractivity contribution is -0.135. The number of benzene rings is 1. The maximum absolute atomic E-state index is 12.6. The molecule has 0 saturated carbocycles. The minimum atomic E-state index is -1.09. The van der Waals surface area contributed by atoms with Gasteiger partial charge in [-0.15, -0.1) is 0 Å². The lowest BCUT2D eigenvalue weighted by Gasteiger charge is -2.29. The molecule has 0 aliphatic heterocycles. The molecule has 0 aliphatic rings. The summed E-state index contributed by atoms with van der Waals surface area (Å²) < 4.78 is 0. The van der Waals surface area contributed by atoms with Crippen LogP contribution in [-0.2, 0) is 4.79 Å². The number of amides is 2. The van der Waals surface area contributed by atoms with Gasteiger partial charge >= 0.3 is 12.0 Å². The smallest absolute Gasteiger partial charge is 0.325 e. The van der Waals surface area contributed by atoms with E-state index >= 15 is 0 Å². The van der Waals surface area contributed by atoms with Gasteiger partial charge in [0.1, 0.15) is 6.54 Å². The van der Waals surface area contributed by atoms with Crippen LogP contribution in [0.2, 0.25) is 5.02 Å². The number of hydrogen-bond donors (Lipinski definition) is 1. The number of hydrogen-bond acceptors (Lipinski definition) is 2. The number of carboxylic acids is 1. The molecule has 6 heteroatoms. The quantitative estimate of drug-likeness (QED) is 0.820. The number of carboxylic acid groups (broad SMARTS) is 1. The number of anilines is 1. The van der Waals surface area contributed by atoms with Crippen molar-refractivity contribution in [2.75, 3.05) is 24.5 Å². The maximum atomic E-state index is 12.6. The molecule has 0 saturated heterocycles.